The van der Waals surface area contributed by atoms with E-state index in [0.29, 0.717) is 17.6 Å². The summed E-state index contributed by atoms with van der Waals surface area (Å²) < 4.78 is 2.00. The fraction of sp³-hybridized carbons (Fsp3) is 0.786. The molecule has 17 heavy (non-hydrogen) atoms. The number of hydrogen-bond acceptors (Lipinski definition) is 2. The van der Waals surface area contributed by atoms with Gasteiger partial charge in [-0.3, -0.25) is 4.68 Å². The van der Waals surface area contributed by atoms with Gasteiger partial charge in [0.1, 0.15) is 5.69 Å². The van der Waals surface area contributed by atoms with Crippen LogP contribution in [0.25, 0.3) is 0 Å². The van der Waals surface area contributed by atoms with Gasteiger partial charge in [-0.2, -0.15) is 5.10 Å². The number of rotatable bonds is 6. The highest BCUT2D eigenvalue weighted by atomic mass is 16.3. The van der Waals surface area contributed by atoms with Gasteiger partial charge in [0.25, 0.3) is 0 Å². The van der Waals surface area contributed by atoms with Gasteiger partial charge in [-0.1, -0.05) is 34.6 Å². The Balaban J connectivity index is 3.19. The second-order valence-electron chi connectivity index (χ2n) is 4.96. The van der Waals surface area contributed by atoms with Crippen LogP contribution >= 0.6 is 0 Å². The third kappa shape index (κ3) is 2.82. The van der Waals surface area contributed by atoms with Gasteiger partial charge in [-0.25, -0.2) is 0 Å². The molecular formula is C14H26N2O. The van der Waals surface area contributed by atoms with Crippen LogP contribution in [-0.2, 0) is 6.54 Å². The first kappa shape index (κ1) is 14.1. The van der Waals surface area contributed by atoms with Crippen LogP contribution in [0.5, 0.6) is 5.75 Å². The summed E-state index contributed by atoms with van der Waals surface area (Å²) in [5, 5.41) is 15.0. The molecular weight excluding hydrogens is 212 g/mol. The Labute approximate surface area is 105 Å². The average molecular weight is 238 g/mol. The van der Waals surface area contributed by atoms with E-state index in [-0.39, 0.29) is 0 Å². The predicted octanol–water partition coefficient (Wildman–Crippen LogP) is 4.03. The second kappa shape index (κ2) is 6.08. The largest absolute Gasteiger partial charge is 0.504 e. The van der Waals surface area contributed by atoms with Gasteiger partial charge >= 0.3 is 0 Å². The minimum absolute atomic E-state index is 0.330. The number of aromatic hydroxyl groups is 1. The van der Waals surface area contributed by atoms with E-state index in [1.165, 1.54) is 0 Å². The number of hydrogen-bond donors (Lipinski definition) is 1. The molecule has 0 fully saturated rings. The number of aromatic nitrogens is 2. The summed E-state index contributed by atoms with van der Waals surface area (Å²) in [5.74, 6) is 1.13. The Hall–Kier alpha value is -0.990. The molecule has 0 radical (unpaired) electrons. The van der Waals surface area contributed by atoms with E-state index < -0.39 is 0 Å². The molecule has 0 spiro atoms. The van der Waals surface area contributed by atoms with Gasteiger partial charge in [-0.05, 0) is 19.3 Å². The molecule has 0 aromatic carbocycles. The molecule has 0 aliphatic heterocycles. The topological polar surface area (TPSA) is 38.0 Å². The Bertz CT molecular complexity index is 357. The molecule has 1 aromatic rings. The summed E-state index contributed by atoms with van der Waals surface area (Å²) in [4.78, 5) is 0. The highest BCUT2D eigenvalue weighted by Gasteiger charge is 2.23. The highest BCUT2D eigenvalue weighted by Crippen LogP contribution is 2.35. The third-order valence-electron chi connectivity index (χ3n) is 3.59. The third-order valence-corrected chi connectivity index (χ3v) is 3.59. The van der Waals surface area contributed by atoms with Crippen molar-refractivity contribution in [2.24, 2.45) is 0 Å². The van der Waals surface area contributed by atoms with Crippen molar-refractivity contribution in [3.8, 4) is 5.75 Å². The van der Waals surface area contributed by atoms with Crippen LogP contribution in [0, 0.1) is 0 Å². The molecule has 3 heteroatoms. The maximum Gasteiger partial charge on any atom is 0.160 e. The molecule has 1 heterocycles. The standard InChI is InChI=1S/C14H26N2O/c1-6-9-16-13(11(5)8-3)14(17)12(15-16)10(4)7-2/h10-11,17H,6-9H2,1-5H3. The van der Waals surface area contributed by atoms with Crippen LogP contribution in [0.15, 0.2) is 0 Å². The molecule has 2 atom stereocenters. The summed E-state index contributed by atoms with van der Waals surface area (Å²) >= 11 is 0. The van der Waals surface area contributed by atoms with Crippen molar-refractivity contribution < 1.29 is 5.11 Å². The van der Waals surface area contributed by atoms with Crippen molar-refractivity contribution >= 4 is 0 Å². The number of nitrogens with zero attached hydrogens (tertiary/aromatic N) is 2. The summed E-state index contributed by atoms with van der Waals surface area (Å²) in [6.07, 6.45) is 3.09. The first-order valence-electron chi connectivity index (χ1n) is 6.86. The van der Waals surface area contributed by atoms with Crippen molar-refractivity contribution in [2.75, 3.05) is 0 Å². The molecule has 3 nitrogen and oxygen atoms in total. The lowest BCUT2D eigenvalue weighted by molar-refractivity contribution is 0.444. The number of aryl methyl sites for hydroxylation is 1. The van der Waals surface area contributed by atoms with E-state index in [0.717, 1.165) is 37.2 Å². The first-order chi connectivity index (χ1) is 8.06. The molecule has 0 saturated carbocycles. The fourth-order valence-corrected chi connectivity index (χ4v) is 2.07. The lowest BCUT2D eigenvalue weighted by Crippen LogP contribution is -2.07. The van der Waals surface area contributed by atoms with E-state index in [1.54, 1.807) is 0 Å². The summed E-state index contributed by atoms with van der Waals surface area (Å²) in [5.41, 5.74) is 1.89. The molecule has 0 aliphatic rings. The summed E-state index contributed by atoms with van der Waals surface area (Å²) in [6.45, 7) is 11.6. The zero-order valence-electron chi connectivity index (χ0n) is 11.8. The van der Waals surface area contributed by atoms with E-state index in [1.807, 2.05) is 4.68 Å². The van der Waals surface area contributed by atoms with Gasteiger partial charge in [0, 0.05) is 18.4 Å². The van der Waals surface area contributed by atoms with Crippen molar-refractivity contribution in [3.05, 3.63) is 11.4 Å². The average Bonchev–Trinajstić information content (AvgIpc) is 2.65. The van der Waals surface area contributed by atoms with Crippen LogP contribution in [0.4, 0.5) is 0 Å². The fourth-order valence-electron chi connectivity index (χ4n) is 2.07. The Morgan fingerprint density at radius 1 is 1.12 bits per heavy atom. The van der Waals surface area contributed by atoms with Gasteiger partial charge in [-0.15, -0.1) is 0 Å². The lowest BCUT2D eigenvalue weighted by atomic mass is 9.99. The van der Waals surface area contributed by atoms with Crippen molar-refractivity contribution in [3.63, 3.8) is 0 Å². The molecule has 98 valence electrons. The van der Waals surface area contributed by atoms with E-state index >= 15 is 0 Å². The van der Waals surface area contributed by atoms with Gasteiger partial charge in [0.2, 0.25) is 0 Å². The zero-order valence-corrected chi connectivity index (χ0v) is 11.8. The van der Waals surface area contributed by atoms with Gasteiger partial charge < -0.3 is 5.11 Å². The lowest BCUT2D eigenvalue weighted by Gasteiger charge is -2.12. The maximum absolute atomic E-state index is 10.4. The van der Waals surface area contributed by atoms with E-state index in [9.17, 15) is 5.11 Å². The van der Waals surface area contributed by atoms with Gasteiger partial charge in [0.15, 0.2) is 5.75 Å². The van der Waals surface area contributed by atoms with Crippen LogP contribution < -0.4 is 0 Å². The smallest absolute Gasteiger partial charge is 0.160 e. The molecule has 1 N–H and O–H groups in total. The quantitative estimate of drug-likeness (QED) is 0.812. The zero-order chi connectivity index (χ0) is 13.0. The normalized spacial score (nSPS) is 14.9. The molecule has 0 bridgehead atoms. The van der Waals surface area contributed by atoms with Crippen LogP contribution in [0.1, 0.15) is 77.1 Å². The van der Waals surface area contributed by atoms with Crippen LogP contribution in [0.2, 0.25) is 0 Å². The molecule has 0 saturated heterocycles. The Kier molecular flexibility index (Phi) is 5.03. The van der Waals surface area contributed by atoms with Crippen molar-refractivity contribution in [1.29, 1.82) is 0 Å². The molecule has 1 rings (SSSR count). The summed E-state index contributed by atoms with van der Waals surface area (Å²) in [7, 11) is 0. The Morgan fingerprint density at radius 3 is 2.18 bits per heavy atom. The second-order valence-corrected chi connectivity index (χ2v) is 4.96. The Morgan fingerprint density at radius 2 is 1.71 bits per heavy atom. The molecule has 0 aliphatic carbocycles. The monoisotopic (exact) mass is 238 g/mol. The van der Waals surface area contributed by atoms with Crippen LogP contribution in [-0.4, -0.2) is 14.9 Å². The van der Waals surface area contributed by atoms with E-state index in [2.05, 4.69) is 39.7 Å². The van der Waals surface area contributed by atoms with E-state index in [4.69, 9.17) is 0 Å². The van der Waals surface area contributed by atoms with Crippen molar-refractivity contribution in [1.82, 2.24) is 9.78 Å². The SMILES string of the molecule is CCCn1nc(C(C)CC)c(O)c1C(C)CC. The summed E-state index contributed by atoms with van der Waals surface area (Å²) in [6, 6.07) is 0. The van der Waals surface area contributed by atoms with Gasteiger partial charge in [0.05, 0.1) is 5.69 Å². The van der Waals surface area contributed by atoms with Crippen LogP contribution in [0.3, 0.4) is 0 Å². The minimum atomic E-state index is 0.330. The highest BCUT2D eigenvalue weighted by molar-refractivity contribution is 5.36. The van der Waals surface area contributed by atoms with Crippen molar-refractivity contribution in [2.45, 2.75) is 72.3 Å². The minimum Gasteiger partial charge on any atom is -0.504 e. The molecule has 2 unspecified atom stereocenters. The predicted molar refractivity (Wildman–Crippen MR) is 71.6 cm³/mol. The molecule has 0 amide bonds. The maximum atomic E-state index is 10.4. The molecule has 1 aromatic heterocycles. The first-order valence-corrected chi connectivity index (χ1v) is 6.86.